The SMILES string of the molecule is CCCCCCCC(=O)OC(C)CCOC(=O)C=CC(=O)OCSC. The van der Waals surface area contributed by atoms with Crippen LogP contribution in [0.25, 0.3) is 0 Å². The van der Waals surface area contributed by atoms with Gasteiger partial charge in [0.2, 0.25) is 0 Å². The molecule has 0 amide bonds. The van der Waals surface area contributed by atoms with Crippen molar-refractivity contribution in [3.8, 4) is 0 Å². The van der Waals surface area contributed by atoms with Gasteiger partial charge >= 0.3 is 17.9 Å². The first-order chi connectivity index (χ1) is 12.0. The zero-order valence-electron chi connectivity index (χ0n) is 15.5. The highest BCUT2D eigenvalue weighted by Gasteiger charge is 2.10. The molecule has 0 aromatic heterocycles. The Kier molecular flexibility index (Phi) is 15.0. The van der Waals surface area contributed by atoms with Crippen molar-refractivity contribution in [2.45, 2.75) is 64.9 Å². The van der Waals surface area contributed by atoms with Gasteiger partial charge in [0.05, 0.1) is 6.61 Å². The highest BCUT2D eigenvalue weighted by molar-refractivity contribution is 7.98. The summed E-state index contributed by atoms with van der Waals surface area (Å²) >= 11 is 1.36. The summed E-state index contributed by atoms with van der Waals surface area (Å²) in [4.78, 5) is 34.2. The van der Waals surface area contributed by atoms with Crippen molar-refractivity contribution in [2.24, 2.45) is 0 Å². The van der Waals surface area contributed by atoms with Crippen LogP contribution in [-0.4, -0.2) is 42.8 Å². The minimum absolute atomic E-state index is 0.119. The van der Waals surface area contributed by atoms with Crippen LogP contribution in [0.1, 0.15) is 58.8 Å². The number of thioether (sulfide) groups is 1. The molecule has 1 unspecified atom stereocenters. The highest BCUT2D eigenvalue weighted by Crippen LogP contribution is 2.08. The molecule has 0 aromatic carbocycles. The molecule has 1 atom stereocenters. The molecule has 0 spiro atoms. The molecule has 0 aliphatic carbocycles. The van der Waals surface area contributed by atoms with Crippen molar-refractivity contribution >= 4 is 29.7 Å². The van der Waals surface area contributed by atoms with Crippen LogP contribution in [0.2, 0.25) is 0 Å². The van der Waals surface area contributed by atoms with E-state index in [0.29, 0.717) is 12.8 Å². The predicted molar refractivity (Wildman–Crippen MR) is 98.1 cm³/mol. The largest absolute Gasteiger partial charge is 0.463 e. The van der Waals surface area contributed by atoms with E-state index in [9.17, 15) is 14.4 Å². The first-order valence-electron chi connectivity index (χ1n) is 8.69. The van der Waals surface area contributed by atoms with E-state index in [-0.39, 0.29) is 24.6 Å². The summed E-state index contributed by atoms with van der Waals surface area (Å²) in [6.07, 6.45) is 9.78. The molecule has 0 fully saturated rings. The van der Waals surface area contributed by atoms with Crippen LogP contribution in [0.3, 0.4) is 0 Å². The summed E-state index contributed by atoms with van der Waals surface area (Å²) in [5.74, 6) is -1.20. The summed E-state index contributed by atoms with van der Waals surface area (Å²) in [7, 11) is 0. The number of carbonyl (C=O) groups excluding carboxylic acids is 3. The zero-order chi connectivity index (χ0) is 18.9. The lowest BCUT2D eigenvalue weighted by atomic mass is 10.1. The first kappa shape index (κ1) is 23.5. The molecule has 0 rings (SSSR count). The fourth-order valence-corrected chi connectivity index (χ4v) is 2.12. The quantitative estimate of drug-likeness (QED) is 0.151. The molecular formula is C18H30O6S. The number of unbranched alkanes of at least 4 members (excludes halogenated alkanes) is 4. The van der Waals surface area contributed by atoms with Gasteiger partial charge in [-0.1, -0.05) is 32.6 Å². The minimum Gasteiger partial charge on any atom is -0.463 e. The number of rotatable bonds is 14. The van der Waals surface area contributed by atoms with Crippen molar-refractivity contribution in [3.63, 3.8) is 0 Å². The molecule has 0 N–H and O–H groups in total. The van der Waals surface area contributed by atoms with Crippen molar-refractivity contribution < 1.29 is 28.6 Å². The van der Waals surface area contributed by atoms with Crippen LogP contribution < -0.4 is 0 Å². The minimum atomic E-state index is -0.629. The monoisotopic (exact) mass is 374 g/mol. The number of ether oxygens (including phenoxy) is 3. The van der Waals surface area contributed by atoms with Gasteiger partial charge in [-0.2, -0.15) is 0 Å². The Labute approximate surface area is 154 Å². The van der Waals surface area contributed by atoms with Crippen LogP contribution in [-0.2, 0) is 28.6 Å². The maximum absolute atomic E-state index is 11.7. The van der Waals surface area contributed by atoms with Crippen molar-refractivity contribution in [1.29, 1.82) is 0 Å². The Morgan fingerprint density at radius 3 is 2.28 bits per heavy atom. The number of carbonyl (C=O) groups is 3. The van der Waals surface area contributed by atoms with Crippen LogP contribution in [0.15, 0.2) is 12.2 Å². The lowest BCUT2D eigenvalue weighted by molar-refractivity contribution is -0.149. The summed E-state index contributed by atoms with van der Waals surface area (Å²) in [6.45, 7) is 4.03. The third kappa shape index (κ3) is 15.8. The van der Waals surface area contributed by atoms with Crippen LogP contribution in [0.4, 0.5) is 0 Å². The summed E-state index contributed by atoms with van der Waals surface area (Å²) in [5.41, 5.74) is 0. The topological polar surface area (TPSA) is 78.9 Å². The molecule has 0 aromatic rings. The summed E-state index contributed by atoms with van der Waals surface area (Å²) < 4.78 is 15.0. The average molecular weight is 374 g/mol. The molecule has 0 heterocycles. The molecule has 0 saturated carbocycles. The van der Waals surface area contributed by atoms with E-state index >= 15 is 0 Å². The summed E-state index contributed by atoms with van der Waals surface area (Å²) in [5, 5.41) is 0. The highest BCUT2D eigenvalue weighted by atomic mass is 32.2. The van der Waals surface area contributed by atoms with Gasteiger partial charge in [0.1, 0.15) is 12.0 Å². The third-order valence-corrected chi connectivity index (χ3v) is 3.61. The smallest absolute Gasteiger partial charge is 0.331 e. The lowest BCUT2D eigenvalue weighted by Crippen LogP contribution is -2.17. The first-order valence-corrected chi connectivity index (χ1v) is 10.1. The average Bonchev–Trinajstić information content (AvgIpc) is 2.57. The van der Waals surface area contributed by atoms with Crippen LogP contribution in [0.5, 0.6) is 0 Å². The molecule has 144 valence electrons. The normalized spacial score (nSPS) is 12.0. The number of hydrogen-bond donors (Lipinski definition) is 0. The van der Waals surface area contributed by atoms with Gasteiger partial charge < -0.3 is 14.2 Å². The molecule has 0 radical (unpaired) electrons. The predicted octanol–water partition coefficient (Wildman–Crippen LogP) is 3.63. The van der Waals surface area contributed by atoms with Gasteiger partial charge in [-0.05, 0) is 19.6 Å². The second-order valence-corrected chi connectivity index (χ2v) is 6.44. The zero-order valence-corrected chi connectivity index (χ0v) is 16.3. The second kappa shape index (κ2) is 16.0. The van der Waals surface area contributed by atoms with E-state index < -0.39 is 11.9 Å². The second-order valence-electron chi connectivity index (χ2n) is 5.62. The Morgan fingerprint density at radius 1 is 1.00 bits per heavy atom. The lowest BCUT2D eigenvalue weighted by Gasteiger charge is -2.13. The fourth-order valence-electron chi connectivity index (χ4n) is 1.89. The van der Waals surface area contributed by atoms with Gasteiger partial charge in [-0.15, -0.1) is 11.8 Å². The number of esters is 3. The summed E-state index contributed by atoms with van der Waals surface area (Å²) in [6, 6.07) is 0. The van der Waals surface area contributed by atoms with E-state index in [1.54, 1.807) is 13.2 Å². The number of hydrogen-bond acceptors (Lipinski definition) is 7. The van der Waals surface area contributed by atoms with E-state index in [1.165, 1.54) is 24.6 Å². The van der Waals surface area contributed by atoms with E-state index in [0.717, 1.165) is 31.4 Å². The molecule has 0 bridgehead atoms. The molecule has 0 aliphatic rings. The van der Waals surface area contributed by atoms with Gasteiger partial charge in [-0.3, -0.25) is 4.79 Å². The molecule has 25 heavy (non-hydrogen) atoms. The Hall–Kier alpha value is -1.50. The third-order valence-electron chi connectivity index (χ3n) is 3.26. The Bertz CT molecular complexity index is 422. The van der Waals surface area contributed by atoms with Crippen LogP contribution >= 0.6 is 11.8 Å². The maximum Gasteiger partial charge on any atom is 0.331 e. The van der Waals surface area contributed by atoms with Crippen LogP contribution in [0, 0.1) is 0 Å². The van der Waals surface area contributed by atoms with Gasteiger partial charge in [0.25, 0.3) is 0 Å². The van der Waals surface area contributed by atoms with Crippen molar-refractivity contribution in [3.05, 3.63) is 12.2 Å². The maximum atomic E-state index is 11.7. The fraction of sp³-hybridized carbons (Fsp3) is 0.722. The molecule has 7 heteroatoms. The molecule has 0 aliphatic heterocycles. The van der Waals surface area contributed by atoms with Gasteiger partial charge in [0.15, 0.2) is 0 Å². The van der Waals surface area contributed by atoms with E-state index in [2.05, 4.69) is 6.92 Å². The van der Waals surface area contributed by atoms with E-state index in [4.69, 9.17) is 14.2 Å². The molecule has 0 saturated heterocycles. The molecule has 6 nitrogen and oxygen atoms in total. The Balaban J connectivity index is 3.75. The van der Waals surface area contributed by atoms with Crippen molar-refractivity contribution in [1.82, 2.24) is 0 Å². The van der Waals surface area contributed by atoms with E-state index in [1.807, 2.05) is 0 Å². The van der Waals surface area contributed by atoms with Crippen molar-refractivity contribution in [2.75, 3.05) is 18.8 Å². The molecular weight excluding hydrogens is 344 g/mol. The van der Waals surface area contributed by atoms with Gasteiger partial charge in [-0.25, -0.2) is 9.59 Å². The Morgan fingerprint density at radius 2 is 1.64 bits per heavy atom. The van der Waals surface area contributed by atoms with Gasteiger partial charge in [0, 0.05) is 25.0 Å². The standard InChI is InChI=1S/C18H30O6S/c1-4-5-6-7-8-9-18(21)24-15(2)12-13-22-16(19)10-11-17(20)23-14-25-3/h10-11,15H,4-9,12-14H2,1-3H3.